The van der Waals surface area contributed by atoms with Crippen molar-refractivity contribution in [3.05, 3.63) is 36.0 Å². The Morgan fingerprint density at radius 2 is 2.12 bits per heavy atom. The summed E-state index contributed by atoms with van der Waals surface area (Å²) in [4.78, 5) is 12.0. The van der Waals surface area contributed by atoms with Gasteiger partial charge in [-0.05, 0) is 18.6 Å². The molecule has 0 amide bonds. The molecule has 16 heavy (non-hydrogen) atoms. The van der Waals surface area contributed by atoms with Gasteiger partial charge in [0.25, 0.3) is 0 Å². The second-order valence-corrected chi connectivity index (χ2v) is 3.33. The molecule has 2 rings (SSSR count). The van der Waals surface area contributed by atoms with Crippen LogP contribution in [0.25, 0.3) is 11.3 Å². The van der Waals surface area contributed by atoms with Crippen molar-refractivity contribution < 1.29 is 4.39 Å². The van der Waals surface area contributed by atoms with Gasteiger partial charge in [0, 0.05) is 25.0 Å². The van der Waals surface area contributed by atoms with Gasteiger partial charge in [-0.25, -0.2) is 14.4 Å². The maximum atomic E-state index is 13.5. The molecule has 0 aliphatic carbocycles. The van der Waals surface area contributed by atoms with Crippen LogP contribution in [0.2, 0.25) is 0 Å². The van der Waals surface area contributed by atoms with E-state index in [0.29, 0.717) is 17.2 Å². The first-order chi connectivity index (χ1) is 7.72. The predicted molar refractivity (Wildman–Crippen MR) is 59.5 cm³/mol. The van der Waals surface area contributed by atoms with Crippen LogP contribution >= 0.6 is 0 Å². The average molecular weight is 218 g/mol. The molecule has 0 fully saturated rings. The highest BCUT2D eigenvalue weighted by Crippen LogP contribution is 2.23. The lowest BCUT2D eigenvalue weighted by atomic mass is 10.1. The highest BCUT2D eigenvalue weighted by atomic mass is 19.1. The summed E-state index contributed by atoms with van der Waals surface area (Å²) in [6.07, 6.45) is 4.38. The van der Waals surface area contributed by atoms with Gasteiger partial charge in [0.2, 0.25) is 5.95 Å². The molecular weight excluding hydrogens is 207 g/mol. The van der Waals surface area contributed by atoms with Crippen molar-refractivity contribution in [2.75, 3.05) is 12.4 Å². The van der Waals surface area contributed by atoms with E-state index in [4.69, 9.17) is 0 Å². The van der Waals surface area contributed by atoms with E-state index < -0.39 is 0 Å². The lowest BCUT2D eigenvalue weighted by molar-refractivity contribution is 0.624. The Morgan fingerprint density at radius 1 is 1.31 bits per heavy atom. The average Bonchev–Trinajstić information content (AvgIpc) is 2.31. The number of nitrogens with one attached hydrogen (secondary N) is 1. The van der Waals surface area contributed by atoms with E-state index in [9.17, 15) is 4.39 Å². The Kier molecular flexibility index (Phi) is 2.76. The van der Waals surface area contributed by atoms with Gasteiger partial charge in [-0.3, -0.25) is 4.98 Å². The SMILES string of the molecule is CNc1ncc(C)c(-c2ccncc2F)n1. The molecule has 0 atom stereocenters. The Labute approximate surface area is 92.6 Å². The van der Waals surface area contributed by atoms with E-state index in [1.807, 2.05) is 6.92 Å². The molecule has 82 valence electrons. The van der Waals surface area contributed by atoms with Crippen LogP contribution < -0.4 is 5.32 Å². The normalized spacial score (nSPS) is 10.2. The molecule has 4 nitrogen and oxygen atoms in total. The van der Waals surface area contributed by atoms with E-state index >= 15 is 0 Å². The summed E-state index contributed by atoms with van der Waals surface area (Å²) in [7, 11) is 1.72. The summed E-state index contributed by atoms with van der Waals surface area (Å²) in [5, 5.41) is 2.82. The second-order valence-electron chi connectivity index (χ2n) is 3.33. The number of aromatic nitrogens is 3. The quantitative estimate of drug-likeness (QED) is 0.837. The maximum absolute atomic E-state index is 13.5. The van der Waals surface area contributed by atoms with Crippen LogP contribution in [0.15, 0.2) is 24.7 Å². The zero-order valence-electron chi connectivity index (χ0n) is 9.03. The topological polar surface area (TPSA) is 50.7 Å². The van der Waals surface area contributed by atoms with Gasteiger partial charge in [-0.1, -0.05) is 0 Å². The zero-order valence-corrected chi connectivity index (χ0v) is 9.03. The summed E-state index contributed by atoms with van der Waals surface area (Å²) in [6.45, 7) is 1.84. The number of nitrogens with zero attached hydrogens (tertiary/aromatic N) is 3. The highest BCUT2D eigenvalue weighted by molar-refractivity contribution is 5.63. The number of pyridine rings is 1. The third kappa shape index (κ3) is 1.84. The van der Waals surface area contributed by atoms with E-state index in [-0.39, 0.29) is 5.82 Å². The van der Waals surface area contributed by atoms with Gasteiger partial charge >= 0.3 is 0 Å². The number of rotatable bonds is 2. The Bertz CT molecular complexity index is 513. The molecule has 2 aromatic rings. The minimum Gasteiger partial charge on any atom is -0.357 e. The van der Waals surface area contributed by atoms with Gasteiger partial charge in [0.15, 0.2) is 5.82 Å². The highest BCUT2D eigenvalue weighted by Gasteiger charge is 2.10. The summed E-state index contributed by atoms with van der Waals surface area (Å²) in [5.41, 5.74) is 1.84. The van der Waals surface area contributed by atoms with Crippen molar-refractivity contribution in [1.82, 2.24) is 15.0 Å². The summed E-state index contributed by atoms with van der Waals surface area (Å²) < 4.78 is 13.5. The minimum absolute atomic E-state index is 0.383. The molecule has 0 unspecified atom stereocenters. The fourth-order valence-corrected chi connectivity index (χ4v) is 1.40. The lowest BCUT2D eigenvalue weighted by Crippen LogP contribution is -2.00. The Hall–Kier alpha value is -2.04. The third-order valence-electron chi connectivity index (χ3n) is 2.22. The van der Waals surface area contributed by atoms with Crippen LogP contribution in [-0.4, -0.2) is 22.0 Å². The fraction of sp³-hybridized carbons (Fsp3) is 0.182. The maximum Gasteiger partial charge on any atom is 0.222 e. The van der Waals surface area contributed by atoms with Crippen LogP contribution in [-0.2, 0) is 0 Å². The van der Waals surface area contributed by atoms with Crippen molar-refractivity contribution in [2.45, 2.75) is 6.92 Å². The molecule has 0 aliphatic rings. The van der Waals surface area contributed by atoms with Crippen molar-refractivity contribution >= 4 is 5.95 Å². The number of halogens is 1. The van der Waals surface area contributed by atoms with Crippen molar-refractivity contribution in [1.29, 1.82) is 0 Å². The summed E-state index contributed by atoms with van der Waals surface area (Å²) >= 11 is 0. The molecule has 0 spiro atoms. The molecule has 0 aromatic carbocycles. The monoisotopic (exact) mass is 218 g/mol. The Morgan fingerprint density at radius 3 is 2.81 bits per heavy atom. The first-order valence-corrected chi connectivity index (χ1v) is 4.83. The van der Waals surface area contributed by atoms with E-state index in [1.165, 1.54) is 6.20 Å². The zero-order chi connectivity index (χ0) is 11.5. The van der Waals surface area contributed by atoms with Crippen LogP contribution in [0.1, 0.15) is 5.56 Å². The van der Waals surface area contributed by atoms with Crippen LogP contribution in [0.5, 0.6) is 0 Å². The number of aryl methyl sites for hydroxylation is 1. The predicted octanol–water partition coefficient (Wildman–Crippen LogP) is 2.03. The molecule has 5 heteroatoms. The smallest absolute Gasteiger partial charge is 0.222 e. The van der Waals surface area contributed by atoms with E-state index in [1.54, 1.807) is 25.5 Å². The molecular formula is C11H11FN4. The molecule has 0 saturated heterocycles. The fourth-order valence-electron chi connectivity index (χ4n) is 1.40. The van der Waals surface area contributed by atoms with Crippen molar-refractivity contribution in [3.63, 3.8) is 0 Å². The van der Waals surface area contributed by atoms with Gasteiger partial charge in [-0.2, -0.15) is 0 Å². The van der Waals surface area contributed by atoms with Crippen LogP contribution in [0, 0.1) is 12.7 Å². The third-order valence-corrected chi connectivity index (χ3v) is 2.22. The number of hydrogen-bond acceptors (Lipinski definition) is 4. The number of anilines is 1. The number of hydrogen-bond donors (Lipinski definition) is 1. The molecule has 2 heterocycles. The molecule has 0 bridgehead atoms. The van der Waals surface area contributed by atoms with Gasteiger partial charge in [-0.15, -0.1) is 0 Å². The molecule has 0 saturated carbocycles. The molecule has 2 aromatic heterocycles. The van der Waals surface area contributed by atoms with E-state index in [2.05, 4.69) is 20.3 Å². The molecule has 0 aliphatic heterocycles. The Balaban J connectivity index is 2.59. The largest absolute Gasteiger partial charge is 0.357 e. The van der Waals surface area contributed by atoms with E-state index in [0.717, 1.165) is 5.56 Å². The van der Waals surface area contributed by atoms with Crippen LogP contribution in [0.3, 0.4) is 0 Å². The summed E-state index contributed by atoms with van der Waals surface area (Å²) in [6, 6.07) is 1.60. The van der Waals surface area contributed by atoms with Crippen molar-refractivity contribution in [3.8, 4) is 11.3 Å². The van der Waals surface area contributed by atoms with Gasteiger partial charge in [0.05, 0.1) is 11.9 Å². The lowest BCUT2D eigenvalue weighted by Gasteiger charge is -2.07. The second kappa shape index (κ2) is 4.22. The molecule has 0 radical (unpaired) electrons. The van der Waals surface area contributed by atoms with Gasteiger partial charge < -0.3 is 5.32 Å². The standard InChI is InChI=1S/C11H11FN4/c1-7-5-15-11(13-2)16-10(7)8-3-4-14-6-9(8)12/h3-6H,1-2H3,(H,13,15,16). The van der Waals surface area contributed by atoms with Crippen molar-refractivity contribution in [2.24, 2.45) is 0 Å². The first kappa shape index (κ1) is 10.5. The first-order valence-electron chi connectivity index (χ1n) is 4.83. The van der Waals surface area contributed by atoms with Crippen LogP contribution in [0.4, 0.5) is 10.3 Å². The molecule has 1 N–H and O–H groups in total. The summed E-state index contributed by atoms with van der Waals surface area (Å²) in [5.74, 6) is 0.0863. The van der Waals surface area contributed by atoms with Gasteiger partial charge in [0.1, 0.15) is 0 Å². The minimum atomic E-state index is -0.383.